The maximum absolute atomic E-state index is 12.0. The molecule has 33 heavy (non-hydrogen) atoms. The van der Waals surface area contributed by atoms with Crippen LogP contribution in [0.3, 0.4) is 0 Å². The number of anilines is 1. The number of phenols is 1. The quantitative estimate of drug-likeness (QED) is 0.673. The largest absolute Gasteiger partial charge is 0.508 e. The lowest BCUT2D eigenvalue weighted by molar-refractivity contribution is -0.136. The Bertz CT molecular complexity index is 1150. The van der Waals surface area contributed by atoms with Crippen molar-refractivity contribution in [2.75, 3.05) is 31.1 Å². The van der Waals surface area contributed by atoms with E-state index in [4.69, 9.17) is 21.3 Å². The molecule has 174 valence electrons. The number of pyridine rings is 1. The maximum Gasteiger partial charge on any atom is 0.245 e. The molecule has 0 atom stereocenters. The number of fused-ring (bicyclic) bond motifs is 1. The van der Waals surface area contributed by atoms with E-state index in [0.29, 0.717) is 18.1 Å². The number of phenolic OH excluding ortho intramolecular Hbond substituents is 1. The first-order chi connectivity index (χ1) is 15.6. The van der Waals surface area contributed by atoms with Crippen LogP contribution in [0.4, 0.5) is 5.82 Å². The van der Waals surface area contributed by atoms with Crippen molar-refractivity contribution in [3.05, 3.63) is 52.7 Å². The van der Waals surface area contributed by atoms with E-state index in [0.717, 1.165) is 66.4 Å². The summed E-state index contributed by atoms with van der Waals surface area (Å²) in [5.74, 6) is 1.15. The van der Waals surface area contributed by atoms with Gasteiger partial charge in [0, 0.05) is 54.2 Å². The lowest BCUT2D eigenvalue weighted by Gasteiger charge is -2.47. The standard InChI is InChI=1S/C26H30ClN3O3/c1-5-22(32)30-14-26(15-30)8-9-29(13-26)24-16(2)23(18-10-17(31)6-7-20(18)27)19-12-33-25(3,4)11-21(19)28-24/h5-7,10,31H,1,8-9,11-15H2,2-4H3. The Balaban J connectivity index is 1.56. The van der Waals surface area contributed by atoms with Crippen molar-refractivity contribution in [1.82, 2.24) is 9.88 Å². The van der Waals surface area contributed by atoms with Crippen LogP contribution in [0.2, 0.25) is 5.02 Å². The summed E-state index contributed by atoms with van der Waals surface area (Å²) in [4.78, 5) is 21.3. The summed E-state index contributed by atoms with van der Waals surface area (Å²) in [7, 11) is 0. The number of hydrogen-bond donors (Lipinski definition) is 1. The molecular weight excluding hydrogens is 438 g/mol. The molecule has 2 saturated heterocycles. The van der Waals surface area contributed by atoms with Crippen LogP contribution in [-0.2, 0) is 22.6 Å². The Morgan fingerprint density at radius 1 is 1.30 bits per heavy atom. The van der Waals surface area contributed by atoms with E-state index in [1.165, 1.54) is 6.08 Å². The second-order valence-electron chi connectivity index (χ2n) is 10.3. The Morgan fingerprint density at radius 3 is 2.79 bits per heavy atom. The summed E-state index contributed by atoms with van der Waals surface area (Å²) in [6.07, 6.45) is 3.13. The van der Waals surface area contributed by atoms with E-state index in [1.54, 1.807) is 18.2 Å². The van der Waals surface area contributed by atoms with Gasteiger partial charge in [-0.3, -0.25) is 4.79 Å². The van der Waals surface area contributed by atoms with Crippen molar-refractivity contribution >= 4 is 23.3 Å². The number of benzene rings is 1. The number of carbonyl (C=O) groups is 1. The topological polar surface area (TPSA) is 65.9 Å². The van der Waals surface area contributed by atoms with Gasteiger partial charge in [0.2, 0.25) is 5.91 Å². The number of aromatic hydroxyl groups is 1. The van der Waals surface area contributed by atoms with Crippen LogP contribution in [0.5, 0.6) is 5.75 Å². The molecule has 3 aliphatic rings. The van der Waals surface area contributed by atoms with Gasteiger partial charge >= 0.3 is 0 Å². The van der Waals surface area contributed by atoms with E-state index in [-0.39, 0.29) is 22.7 Å². The fourth-order valence-electron chi connectivity index (χ4n) is 5.58. The van der Waals surface area contributed by atoms with Gasteiger partial charge in [0.05, 0.1) is 17.9 Å². The van der Waals surface area contributed by atoms with Crippen LogP contribution in [-0.4, -0.2) is 52.7 Å². The molecular formula is C26H30ClN3O3. The number of nitrogens with zero attached hydrogens (tertiary/aromatic N) is 3. The number of carbonyl (C=O) groups excluding carboxylic acids is 1. The van der Waals surface area contributed by atoms with E-state index < -0.39 is 0 Å². The fourth-order valence-corrected chi connectivity index (χ4v) is 5.80. The number of rotatable bonds is 3. The van der Waals surface area contributed by atoms with Gasteiger partial charge in [-0.15, -0.1) is 0 Å². The molecule has 0 aliphatic carbocycles. The normalized spacial score (nSPS) is 20.5. The molecule has 2 fully saturated rings. The van der Waals surface area contributed by atoms with Crippen LogP contribution in [0, 0.1) is 12.3 Å². The highest BCUT2D eigenvalue weighted by Gasteiger charge is 2.49. The number of ether oxygens (including phenoxy) is 1. The number of amides is 1. The van der Waals surface area contributed by atoms with Crippen LogP contribution in [0.25, 0.3) is 11.1 Å². The summed E-state index contributed by atoms with van der Waals surface area (Å²) >= 11 is 6.62. The average Bonchev–Trinajstić information content (AvgIpc) is 3.19. The second kappa shape index (κ2) is 7.74. The summed E-state index contributed by atoms with van der Waals surface area (Å²) in [6.45, 7) is 13.6. The summed E-state index contributed by atoms with van der Waals surface area (Å²) in [6, 6.07) is 5.06. The predicted molar refractivity (Wildman–Crippen MR) is 130 cm³/mol. The minimum absolute atomic E-state index is 0.00482. The van der Waals surface area contributed by atoms with Gasteiger partial charge in [-0.2, -0.15) is 0 Å². The summed E-state index contributed by atoms with van der Waals surface area (Å²) < 4.78 is 6.14. The monoisotopic (exact) mass is 467 g/mol. The third-order valence-corrected chi connectivity index (χ3v) is 7.63. The SMILES string of the molecule is C=CC(=O)N1CC2(CCN(c3nc4c(c(-c5cc(O)ccc5Cl)c3C)COC(C)(C)C4)C2)C1. The lowest BCUT2D eigenvalue weighted by atomic mass is 9.79. The van der Waals surface area contributed by atoms with Gasteiger partial charge in [0.1, 0.15) is 11.6 Å². The lowest BCUT2D eigenvalue weighted by Crippen LogP contribution is -2.59. The van der Waals surface area contributed by atoms with E-state index in [1.807, 2.05) is 4.90 Å². The molecule has 1 amide bonds. The minimum atomic E-state index is -0.293. The zero-order chi connectivity index (χ0) is 23.5. The highest BCUT2D eigenvalue weighted by atomic mass is 35.5. The van der Waals surface area contributed by atoms with Crippen molar-refractivity contribution in [2.45, 2.75) is 45.8 Å². The summed E-state index contributed by atoms with van der Waals surface area (Å²) in [5.41, 5.74) is 4.75. The molecule has 0 bridgehead atoms. The molecule has 2 aromatic rings. The second-order valence-corrected chi connectivity index (χ2v) is 10.7. The third kappa shape index (κ3) is 3.79. The van der Waals surface area contributed by atoms with Crippen molar-refractivity contribution in [1.29, 1.82) is 0 Å². The fraction of sp³-hybridized carbons (Fsp3) is 0.462. The molecule has 6 nitrogen and oxygen atoms in total. The van der Waals surface area contributed by atoms with E-state index >= 15 is 0 Å². The summed E-state index contributed by atoms with van der Waals surface area (Å²) in [5, 5.41) is 10.8. The molecule has 0 radical (unpaired) electrons. The Kier molecular flexibility index (Phi) is 5.22. The first kappa shape index (κ1) is 22.2. The Morgan fingerprint density at radius 2 is 2.06 bits per heavy atom. The minimum Gasteiger partial charge on any atom is -0.508 e. The highest BCUT2D eigenvalue weighted by molar-refractivity contribution is 6.33. The maximum atomic E-state index is 12.0. The molecule has 3 aliphatic heterocycles. The molecule has 1 N–H and O–H groups in total. The predicted octanol–water partition coefficient (Wildman–Crippen LogP) is 4.49. The van der Waals surface area contributed by atoms with Gasteiger partial charge in [0.25, 0.3) is 0 Å². The molecule has 1 aromatic heterocycles. The van der Waals surface area contributed by atoms with Gasteiger partial charge in [-0.05, 0) is 62.6 Å². The van der Waals surface area contributed by atoms with Crippen molar-refractivity contribution in [2.24, 2.45) is 5.41 Å². The zero-order valence-corrected chi connectivity index (χ0v) is 20.2. The Hall–Kier alpha value is -2.57. The van der Waals surface area contributed by atoms with Crippen LogP contribution in [0.15, 0.2) is 30.9 Å². The molecule has 1 aromatic carbocycles. The van der Waals surface area contributed by atoms with Gasteiger partial charge in [-0.25, -0.2) is 4.98 Å². The first-order valence-corrected chi connectivity index (χ1v) is 11.8. The molecule has 1 spiro atoms. The first-order valence-electron chi connectivity index (χ1n) is 11.4. The zero-order valence-electron chi connectivity index (χ0n) is 19.4. The van der Waals surface area contributed by atoms with Crippen LogP contribution in [0.1, 0.15) is 37.1 Å². The van der Waals surface area contributed by atoms with Crippen molar-refractivity contribution in [3.8, 4) is 16.9 Å². The molecule has 0 unspecified atom stereocenters. The van der Waals surface area contributed by atoms with E-state index in [2.05, 4.69) is 32.3 Å². The van der Waals surface area contributed by atoms with Gasteiger partial charge < -0.3 is 19.6 Å². The Labute approximate surface area is 199 Å². The molecule has 0 saturated carbocycles. The van der Waals surface area contributed by atoms with Crippen LogP contribution < -0.4 is 4.90 Å². The molecule has 7 heteroatoms. The number of hydrogen-bond acceptors (Lipinski definition) is 5. The number of halogens is 1. The number of aromatic nitrogens is 1. The number of likely N-dealkylation sites (tertiary alicyclic amines) is 1. The third-order valence-electron chi connectivity index (χ3n) is 7.30. The average molecular weight is 468 g/mol. The van der Waals surface area contributed by atoms with Gasteiger partial charge in [0.15, 0.2) is 0 Å². The smallest absolute Gasteiger partial charge is 0.245 e. The van der Waals surface area contributed by atoms with E-state index in [9.17, 15) is 9.90 Å². The van der Waals surface area contributed by atoms with Crippen molar-refractivity contribution < 1.29 is 14.6 Å². The van der Waals surface area contributed by atoms with Crippen molar-refractivity contribution in [3.63, 3.8) is 0 Å². The molecule has 5 rings (SSSR count). The molecule has 4 heterocycles. The highest BCUT2D eigenvalue weighted by Crippen LogP contribution is 2.46. The van der Waals surface area contributed by atoms with Gasteiger partial charge in [-0.1, -0.05) is 18.2 Å². The van der Waals surface area contributed by atoms with Crippen LogP contribution >= 0.6 is 11.6 Å².